The fraction of sp³-hybridized carbons (Fsp3) is 0.435. The smallest absolute Gasteiger partial charge is 0.265 e. The van der Waals surface area contributed by atoms with Crippen LogP contribution in [0.3, 0.4) is 0 Å². The number of thiophene rings is 1. The second-order valence-electron chi connectivity index (χ2n) is 7.12. The number of benzene rings is 1. The number of hydrogen-bond donors (Lipinski definition) is 2. The lowest BCUT2D eigenvalue weighted by Gasteiger charge is -2.07. The van der Waals surface area contributed by atoms with E-state index in [2.05, 4.69) is 22.8 Å². The number of hydrogen-bond acceptors (Lipinski definition) is 4. The first-order valence-electron chi connectivity index (χ1n) is 10.4. The zero-order valence-corrected chi connectivity index (χ0v) is 18.2. The number of nitrogens with one attached hydrogen (secondary N) is 2. The maximum atomic E-state index is 12.2. The molecule has 5 nitrogen and oxygen atoms in total. The summed E-state index contributed by atoms with van der Waals surface area (Å²) >= 11 is 1.40. The first kappa shape index (κ1) is 22.8. The van der Waals surface area contributed by atoms with Crippen LogP contribution < -0.4 is 10.7 Å². The van der Waals surface area contributed by atoms with Gasteiger partial charge in [-0.25, -0.2) is 5.43 Å². The van der Waals surface area contributed by atoms with Crippen molar-refractivity contribution in [1.82, 2.24) is 5.43 Å². The quantitative estimate of drug-likeness (QED) is 0.255. The van der Waals surface area contributed by atoms with Gasteiger partial charge in [-0.3, -0.25) is 9.59 Å². The molecule has 0 saturated heterocycles. The molecule has 1 aromatic carbocycles. The molecule has 2 amide bonds. The Bertz CT molecular complexity index is 800. The Kier molecular flexibility index (Phi) is 10.1. The summed E-state index contributed by atoms with van der Waals surface area (Å²) in [5.74, 6) is -0.185. The molecule has 0 saturated carbocycles. The zero-order chi connectivity index (χ0) is 20.9. The molecule has 156 valence electrons. The highest BCUT2D eigenvalue weighted by molar-refractivity contribution is 7.12. The molecule has 2 aromatic rings. The summed E-state index contributed by atoms with van der Waals surface area (Å²) < 4.78 is 0. The molecular formula is C23H31N3O2S. The minimum absolute atomic E-state index is 0.0555. The topological polar surface area (TPSA) is 70.6 Å². The predicted octanol–water partition coefficient (Wildman–Crippen LogP) is 5.98. The maximum absolute atomic E-state index is 12.2. The fourth-order valence-electron chi connectivity index (χ4n) is 2.93. The standard InChI is InChI=1S/C23H31N3O2S/c1-3-4-5-6-7-8-9-15-22(27)26-25-18(2)19-12-10-13-20(17-19)24-23(28)21-14-11-16-29-21/h10-14,16-17H,3-9,15H2,1-2H3,(H,24,28)(H,26,27)/b25-18+. The van der Waals surface area contributed by atoms with E-state index in [0.717, 1.165) is 18.4 Å². The number of anilines is 1. The van der Waals surface area contributed by atoms with Gasteiger partial charge in [0.05, 0.1) is 10.6 Å². The Labute approximate surface area is 177 Å². The van der Waals surface area contributed by atoms with E-state index in [-0.39, 0.29) is 11.8 Å². The maximum Gasteiger partial charge on any atom is 0.265 e. The van der Waals surface area contributed by atoms with Gasteiger partial charge in [-0.15, -0.1) is 11.3 Å². The summed E-state index contributed by atoms with van der Waals surface area (Å²) in [6.07, 6.45) is 8.78. The Balaban J connectivity index is 1.77. The van der Waals surface area contributed by atoms with Crippen LogP contribution in [0.1, 0.15) is 80.4 Å². The van der Waals surface area contributed by atoms with Crippen molar-refractivity contribution in [3.8, 4) is 0 Å². The van der Waals surface area contributed by atoms with Gasteiger partial charge in [-0.2, -0.15) is 5.10 Å². The van der Waals surface area contributed by atoms with E-state index in [9.17, 15) is 9.59 Å². The summed E-state index contributed by atoms with van der Waals surface area (Å²) in [6.45, 7) is 4.05. The number of hydrazone groups is 1. The van der Waals surface area contributed by atoms with E-state index < -0.39 is 0 Å². The van der Waals surface area contributed by atoms with E-state index in [1.165, 1.54) is 43.4 Å². The third-order valence-corrected chi connectivity index (χ3v) is 5.51. The van der Waals surface area contributed by atoms with Crippen molar-refractivity contribution in [1.29, 1.82) is 0 Å². The van der Waals surface area contributed by atoms with Crippen LogP contribution in [0.5, 0.6) is 0 Å². The Morgan fingerprint density at radius 3 is 2.48 bits per heavy atom. The summed E-state index contributed by atoms with van der Waals surface area (Å²) in [7, 11) is 0. The number of amides is 2. The number of carbonyl (C=O) groups is 2. The fourth-order valence-corrected chi connectivity index (χ4v) is 3.55. The number of nitrogens with zero attached hydrogens (tertiary/aromatic N) is 1. The largest absolute Gasteiger partial charge is 0.321 e. The monoisotopic (exact) mass is 413 g/mol. The average molecular weight is 414 g/mol. The van der Waals surface area contributed by atoms with Crippen molar-refractivity contribution in [2.24, 2.45) is 5.10 Å². The Morgan fingerprint density at radius 1 is 1.00 bits per heavy atom. The first-order valence-corrected chi connectivity index (χ1v) is 11.3. The molecule has 0 bridgehead atoms. The van der Waals surface area contributed by atoms with Crippen molar-refractivity contribution in [3.63, 3.8) is 0 Å². The van der Waals surface area contributed by atoms with E-state index >= 15 is 0 Å². The van der Waals surface area contributed by atoms with Crippen LogP contribution >= 0.6 is 11.3 Å². The molecule has 0 aliphatic rings. The normalized spacial score (nSPS) is 11.3. The molecule has 2 rings (SSSR count). The van der Waals surface area contributed by atoms with E-state index in [1.807, 2.05) is 42.6 Å². The van der Waals surface area contributed by atoms with Crippen molar-refractivity contribution in [3.05, 3.63) is 52.2 Å². The lowest BCUT2D eigenvalue weighted by molar-refractivity contribution is -0.121. The molecule has 0 unspecified atom stereocenters. The van der Waals surface area contributed by atoms with Gasteiger partial charge in [-0.05, 0) is 42.5 Å². The molecule has 0 aliphatic heterocycles. The number of carbonyl (C=O) groups excluding carboxylic acids is 2. The molecule has 0 atom stereocenters. The van der Waals surface area contributed by atoms with Crippen molar-refractivity contribution < 1.29 is 9.59 Å². The summed E-state index contributed by atoms with van der Waals surface area (Å²) in [5.41, 5.74) is 4.89. The second kappa shape index (κ2) is 12.9. The first-order chi connectivity index (χ1) is 14.1. The minimum atomic E-state index is -0.130. The van der Waals surface area contributed by atoms with Crippen LogP contribution in [0.4, 0.5) is 5.69 Å². The molecule has 1 heterocycles. The van der Waals surface area contributed by atoms with Crippen molar-refractivity contribution in [2.75, 3.05) is 5.32 Å². The highest BCUT2D eigenvalue weighted by atomic mass is 32.1. The van der Waals surface area contributed by atoms with Crippen LogP contribution in [0.15, 0.2) is 46.9 Å². The SMILES string of the molecule is CCCCCCCCCC(=O)N/N=C(\C)c1cccc(NC(=O)c2cccs2)c1. The van der Waals surface area contributed by atoms with Gasteiger partial charge >= 0.3 is 0 Å². The van der Waals surface area contributed by atoms with Gasteiger partial charge in [0.2, 0.25) is 5.91 Å². The van der Waals surface area contributed by atoms with Crippen LogP contribution in [-0.2, 0) is 4.79 Å². The lowest BCUT2D eigenvalue weighted by atomic mass is 10.1. The molecule has 0 radical (unpaired) electrons. The van der Waals surface area contributed by atoms with Crippen molar-refractivity contribution in [2.45, 2.75) is 65.2 Å². The summed E-state index contributed by atoms with van der Waals surface area (Å²) in [4.78, 5) is 24.8. The van der Waals surface area contributed by atoms with Gasteiger partial charge in [0.15, 0.2) is 0 Å². The minimum Gasteiger partial charge on any atom is -0.321 e. The van der Waals surface area contributed by atoms with Crippen LogP contribution in [0.25, 0.3) is 0 Å². The predicted molar refractivity (Wildman–Crippen MR) is 122 cm³/mol. The molecule has 6 heteroatoms. The van der Waals surface area contributed by atoms with Crippen molar-refractivity contribution >= 4 is 34.6 Å². The van der Waals surface area contributed by atoms with Crippen LogP contribution in [-0.4, -0.2) is 17.5 Å². The third-order valence-electron chi connectivity index (χ3n) is 4.64. The average Bonchev–Trinajstić information content (AvgIpc) is 3.26. The molecule has 2 N–H and O–H groups in total. The molecule has 0 aliphatic carbocycles. The lowest BCUT2D eigenvalue weighted by Crippen LogP contribution is -2.19. The molecule has 0 spiro atoms. The Hall–Kier alpha value is -2.47. The number of unbranched alkanes of at least 4 members (excludes halogenated alkanes) is 6. The van der Waals surface area contributed by atoms with Crippen LogP contribution in [0, 0.1) is 0 Å². The van der Waals surface area contributed by atoms with E-state index in [1.54, 1.807) is 6.07 Å². The highest BCUT2D eigenvalue weighted by Gasteiger charge is 2.08. The van der Waals surface area contributed by atoms with Gasteiger partial charge in [-0.1, -0.05) is 63.6 Å². The summed E-state index contributed by atoms with van der Waals surface area (Å²) in [5, 5.41) is 8.97. The molecule has 29 heavy (non-hydrogen) atoms. The Morgan fingerprint density at radius 2 is 1.76 bits per heavy atom. The van der Waals surface area contributed by atoms with E-state index in [0.29, 0.717) is 22.7 Å². The zero-order valence-electron chi connectivity index (χ0n) is 17.4. The van der Waals surface area contributed by atoms with Gasteiger partial charge in [0, 0.05) is 12.1 Å². The molecule has 0 fully saturated rings. The summed E-state index contributed by atoms with van der Waals surface area (Å²) in [6, 6.07) is 11.1. The van der Waals surface area contributed by atoms with Crippen LogP contribution in [0.2, 0.25) is 0 Å². The van der Waals surface area contributed by atoms with Gasteiger partial charge in [0.1, 0.15) is 0 Å². The van der Waals surface area contributed by atoms with Gasteiger partial charge < -0.3 is 5.32 Å². The molecular weight excluding hydrogens is 382 g/mol. The molecule has 1 aromatic heterocycles. The highest BCUT2D eigenvalue weighted by Crippen LogP contribution is 2.15. The second-order valence-corrected chi connectivity index (χ2v) is 8.06. The van der Waals surface area contributed by atoms with Gasteiger partial charge in [0.25, 0.3) is 5.91 Å². The van der Waals surface area contributed by atoms with E-state index in [4.69, 9.17) is 0 Å². The number of rotatable bonds is 12. The third kappa shape index (κ3) is 8.60.